The molecule has 25 heavy (non-hydrogen) atoms. The number of hydrogen-bond donors (Lipinski definition) is 5. The van der Waals surface area contributed by atoms with Crippen molar-refractivity contribution < 1.29 is 39.9 Å². The molecule has 2 aromatic rings. The highest BCUT2D eigenvalue weighted by molar-refractivity contribution is 5.72. The van der Waals surface area contributed by atoms with E-state index in [0.717, 1.165) is 0 Å². The van der Waals surface area contributed by atoms with Gasteiger partial charge in [0.1, 0.15) is 23.0 Å². The lowest BCUT2D eigenvalue weighted by Gasteiger charge is -2.04. The van der Waals surface area contributed by atoms with Gasteiger partial charge in [0.05, 0.1) is 20.0 Å². The molecule has 134 valence electrons. The molecule has 0 saturated carbocycles. The first kappa shape index (κ1) is 19.6. The largest absolute Gasteiger partial charge is 0.508 e. The van der Waals surface area contributed by atoms with Gasteiger partial charge in [0.15, 0.2) is 0 Å². The third kappa shape index (κ3) is 6.69. The maximum absolute atomic E-state index is 10.4. The molecule has 0 amide bonds. The van der Waals surface area contributed by atoms with Crippen molar-refractivity contribution in [3.8, 4) is 23.0 Å². The monoisotopic (exact) mass is 350 g/mol. The average molecular weight is 350 g/mol. The zero-order valence-electron chi connectivity index (χ0n) is 13.3. The van der Waals surface area contributed by atoms with Crippen LogP contribution in [0.1, 0.15) is 11.1 Å². The second-order valence-electron chi connectivity index (χ2n) is 4.95. The van der Waals surface area contributed by atoms with Crippen LogP contribution in [0.2, 0.25) is 0 Å². The number of phenols is 3. The third-order valence-electron chi connectivity index (χ3n) is 3.03. The molecule has 0 fully saturated rings. The van der Waals surface area contributed by atoms with Crippen LogP contribution < -0.4 is 4.74 Å². The van der Waals surface area contributed by atoms with Gasteiger partial charge in [0, 0.05) is 11.1 Å². The second-order valence-corrected chi connectivity index (χ2v) is 4.95. The Kier molecular flexibility index (Phi) is 7.08. The van der Waals surface area contributed by atoms with E-state index >= 15 is 0 Å². The van der Waals surface area contributed by atoms with E-state index in [0.29, 0.717) is 11.3 Å². The van der Waals surface area contributed by atoms with Crippen molar-refractivity contribution in [2.75, 3.05) is 7.11 Å². The first-order valence-corrected chi connectivity index (χ1v) is 7.03. The lowest BCUT2D eigenvalue weighted by Crippen LogP contribution is -2.00. The Bertz CT molecular complexity index is 754. The molecule has 0 heterocycles. The van der Waals surface area contributed by atoms with Crippen LogP contribution in [-0.2, 0) is 22.4 Å². The Morgan fingerprint density at radius 1 is 0.840 bits per heavy atom. The van der Waals surface area contributed by atoms with Crippen LogP contribution in [0, 0.1) is 0 Å². The van der Waals surface area contributed by atoms with Gasteiger partial charge in [-0.3, -0.25) is 9.59 Å². The van der Waals surface area contributed by atoms with E-state index in [1.165, 1.54) is 37.4 Å². The van der Waals surface area contributed by atoms with Crippen LogP contribution in [0.15, 0.2) is 36.4 Å². The third-order valence-corrected chi connectivity index (χ3v) is 3.03. The molecule has 0 aliphatic rings. The zero-order valence-corrected chi connectivity index (χ0v) is 13.3. The van der Waals surface area contributed by atoms with Gasteiger partial charge in [-0.2, -0.15) is 0 Å². The highest BCUT2D eigenvalue weighted by Gasteiger charge is 2.07. The fourth-order valence-corrected chi connectivity index (χ4v) is 1.87. The summed E-state index contributed by atoms with van der Waals surface area (Å²) in [6, 6.07) is 8.26. The van der Waals surface area contributed by atoms with E-state index in [4.69, 9.17) is 25.2 Å². The zero-order chi connectivity index (χ0) is 19.0. The van der Waals surface area contributed by atoms with Crippen LogP contribution in [0.5, 0.6) is 23.0 Å². The predicted molar refractivity (Wildman–Crippen MR) is 87.1 cm³/mol. The van der Waals surface area contributed by atoms with E-state index in [-0.39, 0.29) is 35.7 Å². The molecule has 0 bridgehead atoms. The van der Waals surface area contributed by atoms with Crippen molar-refractivity contribution in [3.63, 3.8) is 0 Å². The van der Waals surface area contributed by atoms with E-state index in [1.807, 2.05) is 0 Å². The van der Waals surface area contributed by atoms with Gasteiger partial charge >= 0.3 is 11.9 Å². The van der Waals surface area contributed by atoms with Crippen LogP contribution in [0.25, 0.3) is 0 Å². The number of phenolic OH excluding ortho intramolecular Hbond substituents is 3. The summed E-state index contributed by atoms with van der Waals surface area (Å²) in [5.41, 5.74) is 0.564. The van der Waals surface area contributed by atoms with Crippen LogP contribution in [0.4, 0.5) is 0 Å². The highest BCUT2D eigenvalue weighted by atomic mass is 16.5. The summed E-state index contributed by atoms with van der Waals surface area (Å²) in [5.74, 6) is -1.68. The molecule has 2 aromatic carbocycles. The topological polar surface area (TPSA) is 145 Å². The molecule has 0 radical (unpaired) electrons. The molecular weight excluding hydrogens is 332 g/mol. The maximum atomic E-state index is 10.4. The minimum absolute atomic E-state index is 0.0248. The number of carboxylic acids is 2. The fraction of sp³-hybridized carbons (Fsp3) is 0.176. The molecule has 0 atom stereocenters. The van der Waals surface area contributed by atoms with Gasteiger partial charge in [-0.1, -0.05) is 0 Å². The van der Waals surface area contributed by atoms with Crippen molar-refractivity contribution in [3.05, 3.63) is 47.5 Å². The van der Waals surface area contributed by atoms with Crippen LogP contribution in [-0.4, -0.2) is 44.6 Å². The Balaban J connectivity index is 0.000000251. The first-order chi connectivity index (χ1) is 11.7. The summed E-state index contributed by atoms with van der Waals surface area (Å²) in [4.78, 5) is 20.6. The van der Waals surface area contributed by atoms with Crippen molar-refractivity contribution >= 4 is 11.9 Å². The maximum Gasteiger partial charge on any atom is 0.307 e. The Labute approximate surface area is 143 Å². The molecule has 0 saturated heterocycles. The number of aliphatic carboxylic acids is 2. The van der Waals surface area contributed by atoms with Crippen molar-refractivity contribution in [1.29, 1.82) is 0 Å². The predicted octanol–water partition coefficient (Wildman–Crippen LogP) is 1.75. The minimum atomic E-state index is -1.05. The number of aromatic hydroxyl groups is 3. The van der Waals surface area contributed by atoms with Gasteiger partial charge in [-0.25, -0.2) is 0 Å². The molecule has 0 aromatic heterocycles. The van der Waals surface area contributed by atoms with E-state index in [9.17, 15) is 14.7 Å². The minimum Gasteiger partial charge on any atom is -0.508 e. The molecule has 0 aliphatic heterocycles. The number of carbonyl (C=O) groups is 2. The number of ether oxygens (including phenoxy) is 1. The summed E-state index contributed by atoms with van der Waals surface area (Å²) in [6.07, 6.45) is -0.497. The number of carboxylic acid groups (broad SMARTS) is 2. The van der Waals surface area contributed by atoms with E-state index in [1.54, 1.807) is 6.07 Å². The second kappa shape index (κ2) is 9.02. The molecule has 8 heteroatoms. The van der Waals surface area contributed by atoms with Gasteiger partial charge in [-0.05, 0) is 36.4 Å². The summed E-state index contributed by atoms with van der Waals surface area (Å²) < 4.78 is 4.89. The molecule has 5 N–H and O–H groups in total. The van der Waals surface area contributed by atoms with Crippen LogP contribution in [0.3, 0.4) is 0 Å². The number of benzene rings is 2. The Morgan fingerprint density at radius 3 is 1.80 bits per heavy atom. The molecule has 2 rings (SSSR count). The van der Waals surface area contributed by atoms with Crippen molar-refractivity contribution in [1.82, 2.24) is 0 Å². The molecule has 0 spiro atoms. The SMILES string of the molecule is COc1ccc(O)c(CC(=O)O)c1.O=C(O)Cc1cc(O)ccc1O. The first-order valence-electron chi connectivity index (χ1n) is 7.03. The van der Waals surface area contributed by atoms with Gasteiger partial charge in [0.25, 0.3) is 0 Å². The molecular formula is C17H18O8. The average Bonchev–Trinajstić information content (AvgIpc) is 2.53. The normalized spacial score (nSPS) is 9.64. The van der Waals surface area contributed by atoms with Gasteiger partial charge < -0.3 is 30.3 Å². The molecule has 0 aliphatic carbocycles. The number of hydrogen-bond acceptors (Lipinski definition) is 6. The molecule has 8 nitrogen and oxygen atoms in total. The lowest BCUT2D eigenvalue weighted by atomic mass is 10.1. The quantitative estimate of drug-likeness (QED) is 0.513. The summed E-state index contributed by atoms with van der Waals surface area (Å²) in [7, 11) is 1.48. The van der Waals surface area contributed by atoms with Crippen molar-refractivity contribution in [2.45, 2.75) is 12.8 Å². The standard InChI is InChI=1S/C9H10O4.C8H8O4/c1-13-7-2-3-8(10)6(4-7)5-9(11)12;9-6-1-2-7(10)5(3-6)4-8(11)12/h2-4,10H,5H2,1H3,(H,11,12);1-3,9-10H,4H2,(H,11,12). The molecule has 0 unspecified atom stereocenters. The number of rotatable bonds is 5. The lowest BCUT2D eigenvalue weighted by molar-refractivity contribution is -0.137. The smallest absolute Gasteiger partial charge is 0.307 e. The van der Waals surface area contributed by atoms with E-state index in [2.05, 4.69) is 0 Å². The summed E-state index contributed by atoms with van der Waals surface area (Å²) >= 11 is 0. The van der Waals surface area contributed by atoms with Crippen molar-refractivity contribution in [2.24, 2.45) is 0 Å². The Morgan fingerprint density at radius 2 is 1.32 bits per heavy atom. The van der Waals surface area contributed by atoms with Gasteiger partial charge in [0.2, 0.25) is 0 Å². The summed E-state index contributed by atoms with van der Waals surface area (Å²) in [6.45, 7) is 0. The summed E-state index contributed by atoms with van der Waals surface area (Å²) in [5, 5.41) is 44.2. The van der Waals surface area contributed by atoms with Crippen LogP contribution >= 0.6 is 0 Å². The van der Waals surface area contributed by atoms with Gasteiger partial charge in [-0.15, -0.1) is 0 Å². The Hall–Kier alpha value is -3.42. The number of methoxy groups -OCH3 is 1. The van der Waals surface area contributed by atoms with E-state index < -0.39 is 11.9 Å². The highest BCUT2D eigenvalue weighted by Crippen LogP contribution is 2.23. The fourth-order valence-electron chi connectivity index (χ4n) is 1.87.